The molecule has 0 unspecified atom stereocenters. The topological polar surface area (TPSA) is 168 Å². The van der Waals surface area contributed by atoms with Crippen LogP contribution in [0.25, 0.3) is 0 Å². The van der Waals surface area contributed by atoms with E-state index in [-0.39, 0.29) is 36.0 Å². The Hall–Kier alpha value is -2.24. The van der Waals surface area contributed by atoms with Gasteiger partial charge in [0, 0.05) is 18.7 Å². The zero-order valence-corrected chi connectivity index (χ0v) is 11.6. The maximum Gasteiger partial charge on any atom is 0.271 e. The van der Waals surface area contributed by atoms with Crippen LogP contribution in [0.1, 0.15) is 0 Å². The molecule has 1 aromatic rings. The van der Waals surface area contributed by atoms with Crippen molar-refractivity contribution in [3.63, 3.8) is 0 Å². The van der Waals surface area contributed by atoms with Gasteiger partial charge in [-0.3, -0.25) is 14.9 Å². The molecule has 0 fully saturated rings. The SMILES string of the molecule is NC(=O)COCCNS(=O)(=O)c1ccc([N+](=O)[O-])cc1N. The first-order valence-electron chi connectivity index (χ1n) is 5.63. The molecule has 0 aliphatic heterocycles. The van der Waals surface area contributed by atoms with Crippen molar-refractivity contribution in [2.24, 2.45) is 5.73 Å². The van der Waals surface area contributed by atoms with E-state index in [4.69, 9.17) is 16.2 Å². The summed E-state index contributed by atoms with van der Waals surface area (Å²) in [4.78, 5) is 20.0. The van der Waals surface area contributed by atoms with Crippen LogP contribution in [0.3, 0.4) is 0 Å². The Morgan fingerprint density at radius 3 is 2.62 bits per heavy atom. The molecule has 0 aliphatic carbocycles. The van der Waals surface area contributed by atoms with Gasteiger partial charge >= 0.3 is 0 Å². The highest BCUT2D eigenvalue weighted by molar-refractivity contribution is 7.89. The van der Waals surface area contributed by atoms with Crippen LogP contribution in [0.2, 0.25) is 0 Å². The van der Waals surface area contributed by atoms with Gasteiger partial charge in [-0.05, 0) is 6.07 Å². The number of amides is 1. The molecule has 0 heterocycles. The Bertz CT molecular complexity index is 645. The normalized spacial score (nSPS) is 11.2. The van der Waals surface area contributed by atoms with E-state index in [0.717, 1.165) is 18.2 Å². The molecular formula is C10H14N4O6S. The molecule has 0 radical (unpaired) electrons. The average molecular weight is 318 g/mol. The molecule has 0 saturated carbocycles. The summed E-state index contributed by atoms with van der Waals surface area (Å²) in [5.41, 5.74) is 9.79. The van der Waals surface area contributed by atoms with Crippen molar-refractivity contribution in [3.05, 3.63) is 28.3 Å². The first-order chi connectivity index (χ1) is 9.74. The van der Waals surface area contributed by atoms with Crippen molar-refractivity contribution < 1.29 is 22.9 Å². The number of nitrogens with zero attached hydrogens (tertiary/aromatic N) is 1. The molecule has 1 rings (SSSR count). The van der Waals surface area contributed by atoms with Crippen LogP contribution in [0.4, 0.5) is 11.4 Å². The van der Waals surface area contributed by atoms with Gasteiger partial charge in [0.25, 0.3) is 5.69 Å². The highest BCUT2D eigenvalue weighted by Gasteiger charge is 2.19. The van der Waals surface area contributed by atoms with Gasteiger partial charge in [-0.25, -0.2) is 13.1 Å². The number of nitrogen functional groups attached to an aromatic ring is 1. The third-order valence-electron chi connectivity index (χ3n) is 2.28. The molecule has 0 atom stereocenters. The van der Waals surface area contributed by atoms with Gasteiger partial charge in [0.05, 0.1) is 17.2 Å². The average Bonchev–Trinajstić information content (AvgIpc) is 2.37. The number of non-ortho nitro benzene ring substituents is 1. The van der Waals surface area contributed by atoms with Crippen LogP contribution in [0, 0.1) is 10.1 Å². The molecule has 116 valence electrons. The summed E-state index contributed by atoms with van der Waals surface area (Å²) in [5.74, 6) is -0.669. The van der Waals surface area contributed by atoms with E-state index < -0.39 is 20.9 Å². The number of primary amides is 1. The van der Waals surface area contributed by atoms with Gasteiger partial charge in [-0.2, -0.15) is 0 Å². The fourth-order valence-electron chi connectivity index (χ4n) is 1.39. The summed E-state index contributed by atoms with van der Waals surface area (Å²) >= 11 is 0. The first-order valence-corrected chi connectivity index (χ1v) is 7.12. The van der Waals surface area contributed by atoms with Crippen LogP contribution in [0.5, 0.6) is 0 Å². The second-order valence-electron chi connectivity index (χ2n) is 3.90. The Morgan fingerprint density at radius 1 is 1.43 bits per heavy atom. The Balaban J connectivity index is 2.70. The van der Waals surface area contributed by atoms with Crippen LogP contribution >= 0.6 is 0 Å². The molecule has 1 amide bonds. The van der Waals surface area contributed by atoms with Crippen LogP contribution in [-0.4, -0.2) is 39.0 Å². The quantitative estimate of drug-likeness (QED) is 0.238. The summed E-state index contributed by atoms with van der Waals surface area (Å²) in [6.45, 7) is -0.484. The molecule has 1 aromatic carbocycles. The lowest BCUT2D eigenvalue weighted by Crippen LogP contribution is -2.29. The van der Waals surface area contributed by atoms with Crippen LogP contribution in [0.15, 0.2) is 23.1 Å². The van der Waals surface area contributed by atoms with Gasteiger partial charge in [0.15, 0.2) is 0 Å². The lowest BCUT2D eigenvalue weighted by Gasteiger charge is -2.09. The van der Waals surface area contributed by atoms with Gasteiger partial charge in [-0.15, -0.1) is 0 Å². The van der Waals surface area contributed by atoms with Crippen molar-refractivity contribution in [1.82, 2.24) is 4.72 Å². The summed E-state index contributed by atoms with van der Waals surface area (Å²) in [5, 5.41) is 10.5. The number of hydrogen-bond acceptors (Lipinski definition) is 7. The monoisotopic (exact) mass is 318 g/mol. The fourth-order valence-corrected chi connectivity index (χ4v) is 2.52. The van der Waals surface area contributed by atoms with E-state index >= 15 is 0 Å². The number of rotatable bonds is 8. The zero-order chi connectivity index (χ0) is 16.0. The Kier molecular flexibility index (Phi) is 5.58. The maximum absolute atomic E-state index is 11.9. The highest BCUT2D eigenvalue weighted by Crippen LogP contribution is 2.23. The largest absolute Gasteiger partial charge is 0.397 e. The molecule has 21 heavy (non-hydrogen) atoms. The number of carbonyl (C=O) groups is 1. The van der Waals surface area contributed by atoms with Crippen LogP contribution < -0.4 is 16.2 Å². The number of nitro benzene ring substituents is 1. The number of sulfonamides is 1. The summed E-state index contributed by atoms with van der Waals surface area (Å²) < 4.78 is 30.8. The van der Waals surface area contributed by atoms with E-state index in [1.54, 1.807) is 0 Å². The number of nitrogens with two attached hydrogens (primary N) is 2. The minimum Gasteiger partial charge on any atom is -0.397 e. The first kappa shape index (κ1) is 16.8. The smallest absolute Gasteiger partial charge is 0.271 e. The number of anilines is 1. The number of carbonyl (C=O) groups excluding carboxylic acids is 1. The number of nitro groups is 1. The molecule has 0 saturated heterocycles. The van der Waals surface area contributed by atoms with E-state index in [2.05, 4.69) is 4.72 Å². The maximum atomic E-state index is 11.9. The third-order valence-corrected chi connectivity index (χ3v) is 3.81. The minimum atomic E-state index is -3.93. The highest BCUT2D eigenvalue weighted by atomic mass is 32.2. The third kappa shape index (κ3) is 4.98. The Morgan fingerprint density at radius 2 is 2.10 bits per heavy atom. The zero-order valence-electron chi connectivity index (χ0n) is 10.8. The lowest BCUT2D eigenvalue weighted by atomic mass is 10.3. The molecule has 0 aliphatic rings. The van der Waals surface area contributed by atoms with Gasteiger partial charge in [0.1, 0.15) is 11.5 Å². The van der Waals surface area contributed by atoms with Crippen molar-refractivity contribution in [2.45, 2.75) is 4.90 Å². The van der Waals surface area contributed by atoms with Crippen molar-refractivity contribution in [2.75, 3.05) is 25.5 Å². The van der Waals surface area contributed by atoms with E-state index in [0.29, 0.717) is 0 Å². The standard InChI is InChI=1S/C10H14N4O6S/c11-8-5-7(14(16)17)1-2-9(8)21(18,19)13-3-4-20-6-10(12)15/h1-2,5,13H,3-4,6,11H2,(H2,12,15). The van der Waals surface area contributed by atoms with Gasteiger partial charge in [-0.1, -0.05) is 0 Å². The molecule has 0 spiro atoms. The van der Waals surface area contributed by atoms with Crippen molar-refractivity contribution >= 4 is 27.3 Å². The lowest BCUT2D eigenvalue weighted by molar-refractivity contribution is -0.384. The van der Waals surface area contributed by atoms with E-state index in [9.17, 15) is 23.3 Å². The van der Waals surface area contributed by atoms with Crippen molar-refractivity contribution in [1.29, 1.82) is 0 Å². The van der Waals surface area contributed by atoms with Gasteiger partial charge in [0.2, 0.25) is 15.9 Å². The van der Waals surface area contributed by atoms with Gasteiger partial charge < -0.3 is 16.2 Å². The molecule has 0 aromatic heterocycles. The summed E-state index contributed by atoms with van der Waals surface area (Å²) in [7, 11) is -3.93. The molecule has 10 nitrogen and oxygen atoms in total. The van der Waals surface area contributed by atoms with E-state index in [1.807, 2.05) is 0 Å². The van der Waals surface area contributed by atoms with Crippen molar-refractivity contribution in [3.8, 4) is 0 Å². The number of ether oxygens (including phenoxy) is 1. The second-order valence-corrected chi connectivity index (χ2v) is 5.63. The second kappa shape index (κ2) is 6.97. The minimum absolute atomic E-state index is 0.0605. The van der Waals surface area contributed by atoms with E-state index in [1.165, 1.54) is 0 Å². The molecule has 5 N–H and O–H groups in total. The Labute approximate surface area is 120 Å². The number of nitrogens with one attached hydrogen (secondary N) is 1. The fraction of sp³-hybridized carbons (Fsp3) is 0.300. The summed E-state index contributed by atoms with van der Waals surface area (Å²) in [6, 6.07) is 3.03. The predicted molar refractivity (Wildman–Crippen MR) is 72.7 cm³/mol. The number of hydrogen-bond donors (Lipinski definition) is 3. The molecule has 11 heteroatoms. The predicted octanol–water partition coefficient (Wildman–Crippen LogP) is -1.04. The number of benzene rings is 1. The van der Waals surface area contributed by atoms with Crippen LogP contribution in [-0.2, 0) is 19.6 Å². The molecule has 0 bridgehead atoms. The summed E-state index contributed by atoms with van der Waals surface area (Å²) in [6.07, 6.45) is 0. The molecular weight excluding hydrogens is 304 g/mol.